The fourth-order valence-corrected chi connectivity index (χ4v) is 3.67. The van der Waals surface area contributed by atoms with Crippen molar-refractivity contribution >= 4 is 28.9 Å². The topological polar surface area (TPSA) is 63.9 Å². The second-order valence-electron chi connectivity index (χ2n) is 6.10. The summed E-state index contributed by atoms with van der Waals surface area (Å²) in [6.07, 6.45) is 2.14. The summed E-state index contributed by atoms with van der Waals surface area (Å²) in [5, 5.41) is 11.9. The molecule has 0 saturated carbocycles. The average Bonchev–Trinajstić information content (AvgIpc) is 2.89. The molecule has 0 bridgehead atoms. The van der Waals surface area contributed by atoms with Gasteiger partial charge in [0.1, 0.15) is 0 Å². The minimum absolute atomic E-state index is 0.0409. The van der Waals surface area contributed by atoms with E-state index in [0.29, 0.717) is 10.9 Å². The molecule has 7 heteroatoms. The van der Waals surface area contributed by atoms with Crippen molar-refractivity contribution in [2.24, 2.45) is 7.05 Å². The number of anilines is 1. The normalized spacial score (nSPS) is 16.0. The molecule has 2 aromatic rings. The minimum atomic E-state index is -0.367. The maximum atomic E-state index is 12.9. The smallest absolute Gasteiger partial charge is 0.238 e. The van der Waals surface area contributed by atoms with E-state index in [0.717, 1.165) is 11.3 Å². The molecule has 1 aliphatic rings. The first-order chi connectivity index (χ1) is 10.9. The fourth-order valence-electron chi connectivity index (χ4n) is 2.97. The molecule has 1 aromatic carbocycles. The summed E-state index contributed by atoms with van der Waals surface area (Å²) in [5.41, 5.74) is 2.89. The van der Waals surface area contributed by atoms with E-state index in [1.165, 1.54) is 17.3 Å². The fraction of sp³-hybridized carbons (Fsp3) is 0.375. The van der Waals surface area contributed by atoms with Crippen LogP contribution in [0, 0.1) is 0 Å². The highest BCUT2D eigenvalue weighted by Gasteiger charge is 2.35. The van der Waals surface area contributed by atoms with Crippen LogP contribution < -0.4 is 4.90 Å². The molecule has 0 atom stereocenters. The van der Waals surface area contributed by atoms with Crippen molar-refractivity contribution in [1.82, 2.24) is 20.2 Å². The largest absolute Gasteiger partial charge is 0.302 e. The van der Waals surface area contributed by atoms with Crippen molar-refractivity contribution < 1.29 is 4.79 Å². The van der Waals surface area contributed by atoms with Gasteiger partial charge in [0.25, 0.3) is 0 Å². The van der Waals surface area contributed by atoms with Crippen LogP contribution in [0.5, 0.6) is 0 Å². The summed E-state index contributed by atoms with van der Waals surface area (Å²) in [6.45, 7) is 6.19. The molecule has 1 aliphatic heterocycles. The van der Waals surface area contributed by atoms with Gasteiger partial charge in [-0.3, -0.25) is 4.79 Å². The molecule has 0 aliphatic carbocycles. The zero-order valence-corrected chi connectivity index (χ0v) is 14.5. The number of carbonyl (C=O) groups is 1. The van der Waals surface area contributed by atoms with Gasteiger partial charge in [0.05, 0.1) is 17.0 Å². The molecule has 0 saturated heterocycles. The van der Waals surface area contributed by atoms with Crippen LogP contribution >= 0.6 is 11.8 Å². The number of amides is 1. The number of hydrogen-bond donors (Lipinski definition) is 0. The Morgan fingerprint density at radius 3 is 2.74 bits per heavy atom. The number of benzene rings is 1. The minimum Gasteiger partial charge on any atom is -0.302 e. The van der Waals surface area contributed by atoms with Gasteiger partial charge >= 0.3 is 0 Å². The lowest BCUT2D eigenvalue weighted by Crippen LogP contribution is -2.49. The number of aryl methyl sites for hydroxylation is 1. The first-order valence-corrected chi connectivity index (χ1v) is 8.36. The Balaban J connectivity index is 1.88. The number of allylic oxidation sites excluding steroid dienone is 1. The summed E-state index contributed by atoms with van der Waals surface area (Å²) >= 11 is 1.35. The third-order valence-electron chi connectivity index (χ3n) is 3.87. The molecule has 120 valence electrons. The number of thioether (sulfide) groups is 1. The van der Waals surface area contributed by atoms with Crippen molar-refractivity contribution in [2.45, 2.75) is 31.5 Å². The van der Waals surface area contributed by atoms with E-state index in [1.54, 1.807) is 11.7 Å². The number of rotatable bonds is 3. The highest BCUT2D eigenvalue weighted by molar-refractivity contribution is 7.99. The number of nitrogens with zero attached hydrogens (tertiary/aromatic N) is 5. The molecule has 3 rings (SSSR count). The zero-order valence-electron chi connectivity index (χ0n) is 13.6. The van der Waals surface area contributed by atoms with Crippen LogP contribution in [0.25, 0.3) is 5.57 Å². The van der Waals surface area contributed by atoms with Crippen LogP contribution in [0.2, 0.25) is 0 Å². The molecule has 2 heterocycles. The van der Waals surface area contributed by atoms with E-state index in [-0.39, 0.29) is 11.4 Å². The van der Waals surface area contributed by atoms with Crippen LogP contribution in [-0.4, -0.2) is 37.4 Å². The Bertz CT molecular complexity index is 780. The van der Waals surface area contributed by atoms with E-state index in [4.69, 9.17) is 0 Å². The predicted molar refractivity (Wildman–Crippen MR) is 91.2 cm³/mol. The molecule has 6 nitrogen and oxygen atoms in total. The number of hydrogen-bond acceptors (Lipinski definition) is 5. The van der Waals surface area contributed by atoms with E-state index < -0.39 is 0 Å². The van der Waals surface area contributed by atoms with E-state index in [2.05, 4.69) is 48.4 Å². The number of carbonyl (C=O) groups excluding carboxylic acids is 1. The van der Waals surface area contributed by atoms with E-state index >= 15 is 0 Å². The van der Waals surface area contributed by atoms with Crippen molar-refractivity contribution in [2.75, 3.05) is 10.7 Å². The van der Waals surface area contributed by atoms with Crippen LogP contribution in [0.15, 0.2) is 35.5 Å². The van der Waals surface area contributed by atoms with Crippen LogP contribution in [0.4, 0.5) is 5.69 Å². The van der Waals surface area contributed by atoms with Crippen LogP contribution in [-0.2, 0) is 11.8 Å². The van der Waals surface area contributed by atoms with E-state index in [9.17, 15) is 4.79 Å². The third kappa shape index (κ3) is 2.88. The maximum Gasteiger partial charge on any atom is 0.238 e. The molecule has 0 radical (unpaired) electrons. The van der Waals surface area contributed by atoms with Gasteiger partial charge in [0.15, 0.2) is 0 Å². The number of fused-ring (bicyclic) bond motifs is 1. The molecule has 23 heavy (non-hydrogen) atoms. The average molecular weight is 329 g/mol. The molecule has 0 fully saturated rings. The standard InChI is InChI=1S/C16H19N5OS/c1-11-9-16(2,3)21(13-8-6-5-7-12(11)13)14(22)10-23-15-17-18-19-20(15)4/h5-9H,10H2,1-4H3. The van der Waals surface area contributed by atoms with Gasteiger partial charge in [-0.1, -0.05) is 36.0 Å². The monoisotopic (exact) mass is 329 g/mol. The predicted octanol–water partition coefficient (Wildman–Crippen LogP) is 2.53. The molecule has 0 N–H and O–H groups in total. The summed E-state index contributed by atoms with van der Waals surface area (Å²) in [6, 6.07) is 8.01. The Morgan fingerprint density at radius 2 is 2.04 bits per heavy atom. The van der Waals surface area contributed by atoms with Gasteiger partial charge in [0.2, 0.25) is 11.1 Å². The Kier molecular flexibility index (Phi) is 3.97. The molecule has 0 unspecified atom stereocenters. The number of aromatic nitrogens is 4. The second kappa shape index (κ2) is 5.81. The van der Waals surface area contributed by atoms with Crippen molar-refractivity contribution in [3.8, 4) is 0 Å². The molecule has 0 spiro atoms. The quantitative estimate of drug-likeness (QED) is 0.810. The Hall–Kier alpha value is -2.15. The van der Waals surface area contributed by atoms with Gasteiger partial charge in [-0.25, -0.2) is 4.68 Å². The summed E-state index contributed by atoms with van der Waals surface area (Å²) < 4.78 is 1.57. The third-order valence-corrected chi connectivity index (χ3v) is 4.87. The molecule has 1 amide bonds. The maximum absolute atomic E-state index is 12.9. The van der Waals surface area contributed by atoms with Crippen LogP contribution in [0.3, 0.4) is 0 Å². The second-order valence-corrected chi connectivity index (χ2v) is 7.04. The summed E-state index contributed by atoms with van der Waals surface area (Å²) in [5.74, 6) is 0.331. The number of para-hydroxylation sites is 1. The molecular weight excluding hydrogens is 310 g/mol. The van der Waals surface area contributed by atoms with Crippen molar-refractivity contribution in [1.29, 1.82) is 0 Å². The number of tetrazole rings is 1. The van der Waals surface area contributed by atoms with Gasteiger partial charge in [0, 0.05) is 12.6 Å². The Morgan fingerprint density at radius 1 is 1.30 bits per heavy atom. The first-order valence-electron chi connectivity index (χ1n) is 7.37. The lowest BCUT2D eigenvalue weighted by Gasteiger charge is -2.41. The van der Waals surface area contributed by atoms with Crippen LogP contribution in [0.1, 0.15) is 26.3 Å². The van der Waals surface area contributed by atoms with E-state index in [1.807, 2.05) is 23.1 Å². The zero-order chi connectivity index (χ0) is 16.6. The highest BCUT2D eigenvalue weighted by atomic mass is 32.2. The van der Waals surface area contributed by atoms with Crippen molar-refractivity contribution in [3.05, 3.63) is 35.9 Å². The molecule has 1 aromatic heterocycles. The van der Waals surface area contributed by atoms with Gasteiger partial charge in [-0.2, -0.15) is 0 Å². The first kappa shape index (κ1) is 15.7. The Labute approximate surface area is 139 Å². The lowest BCUT2D eigenvalue weighted by atomic mass is 9.89. The van der Waals surface area contributed by atoms with Gasteiger partial charge in [-0.05, 0) is 42.8 Å². The summed E-state index contributed by atoms with van der Waals surface area (Å²) in [4.78, 5) is 14.8. The van der Waals surface area contributed by atoms with Gasteiger partial charge < -0.3 is 4.90 Å². The highest BCUT2D eigenvalue weighted by Crippen LogP contribution is 2.39. The summed E-state index contributed by atoms with van der Waals surface area (Å²) in [7, 11) is 1.76. The SMILES string of the molecule is CC1=CC(C)(C)N(C(=O)CSc2nnnn2C)c2ccccc21. The van der Waals surface area contributed by atoms with Gasteiger partial charge in [-0.15, -0.1) is 5.10 Å². The molecular formula is C16H19N5OS. The lowest BCUT2D eigenvalue weighted by molar-refractivity contribution is -0.116. The van der Waals surface area contributed by atoms with Crippen molar-refractivity contribution in [3.63, 3.8) is 0 Å².